The van der Waals surface area contributed by atoms with Crippen LogP contribution in [0.5, 0.6) is 0 Å². The molecule has 0 saturated carbocycles. The topological polar surface area (TPSA) is 77.2 Å². The highest BCUT2D eigenvalue weighted by Gasteiger charge is 2.16. The molecule has 4 nitrogen and oxygen atoms in total. The van der Waals surface area contributed by atoms with Crippen LogP contribution in [0.4, 0.5) is 5.69 Å². The van der Waals surface area contributed by atoms with Crippen LogP contribution in [0.25, 0.3) is 0 Å². The fraction of sp³-hybridized carbons (Fsp3) is 0.0909. The van der Waals surface area contributed by atoms with Crippen molar-refractivity contribution in [3.8, 4) is 0 Å². The van der Waals surface area contributed by atoms with Gasteiger partial charge in [0, 0.05) is 15.7 Å². The lowest BCUT2D eigenvalue weighted by atomic mass is 10.0. The van der Waals surface area contributed by atoms with Gasteiger partial charge in [-0.25, -0.2) is 5.43 Å². The first kappa shape index (κ1) is 11.2. The van der Waals surface area contributed by atoms with Crippen molar-refractivity contribution in [1.82, 2.24) is 5.43 Å². The average molecular weight is 282 g/mol. The van der Waals surface area contributed by atoms with Crippen LogP contribution in [0, 0.1) is 0 Å². The molecule has 0 amide bonds. The van der Waals surface area contributed by atoms with E-state index in [2.05, 4.69) is 21.4 Å². The minimum atomic E-state index is -0.170. The zero-order chi connectivity index (χ0) is 11.5. The molecule has 1 atom stereocenters. The van der Waals surface area contributed by atoms with E-state index in [9.17, 15) is 0 Å². The molecule has 0 fully saturated rings. The van der Waals surface area contributed by atoms with E-state index < -0.39 is 0 Å². The highest BCUT2D eigenvalue weighted by Crippen LogP contribution is 2.28. The Hall–Kier alpha value is -1.30. The maximum atomic E-state index is 5.93. The number of hydrogen-bond donors (Lipinski definition) is 3. The summed E-state index contributed by atoms with van der Waals surface area (Å²) in [5.74, 6) is 5.55. The maximum Gasteiger partial charge on any atom is 0.0954 e. The lowest BCUT2D eigenvalue weighted by Crippen LogP contribution is -2.29. The molecular weight excluding hydrogens is 270 g/mol. The van der Waals surface area contributed by atoms with Gasteiger partial charge < -0.3 is 10.2 Å². The summed E-state index contributed by atoms with van der Waals surface area (Å²) in [5.41, 5.74) is 11.2. The number of hydrazine groups is 1. The van der Waals surface area contributed by atoms with Gasteiger partial charge in [0.05, 0.1) is 18.6 Å². The van der Waals surface area contributed by atoms with Gasteiger partial charge in [0.25, 0.3) is 0 Å². The number of furan rings is 1. The van der Waals surface area contributed by atoms with E-state index in [1.54, 1.807) is 12.5 Å². The molecule has 84 valence electrons. The first-order valence-electron chi connectivity index (χ1n) is 4.75. The molecule has 0 aliphatic carbocycles. The number of nitrogens with one attached hydrogen (secondary N) is 1. The second-order valence-corrected chi connectivity index (χ2v) is 4.35. The van der Waals surface area contributed by atoms with Gasteiger partial charge in [-0.1, -0.05) is 15.9 Å². The Morgan fingerprint density at radius 1 is 1.31 bits per heavy atom. The van der Waals surface area contributed by atoms with Crippen LogP contribution in [-0.4, -0.2) is 0 Å². The molecular formula is C11H12BrN3O. The maximum absolute atomic E-state index is 5.93. The molecule has 2 rings (SSSR count). The number of benzene rings is 1. The van der Waals surface area contributed by atoms with E-state index in [0.717, 1.165) is 15.6 Å². The van der Waals surface area contributed by atoms with E-state index in [4.69, 9.17) is 16.0 Å². The van der Waals surface area contributed by atoms with E-state index in [-0.39, 0.29) is 6.04 Å². The molecule has 0 aliphatic heterocycles. The summed E-state index contributed by atoms with van der Waals surface area (Å²) >= 11 is 3.41. The predicted octanol–water partition coefficient (Wildman–Crippen LogP) is 2.18. The van der Waals surface area contributed by atoms with Crippen LogP contribution in [0.3, 0.4) is 0 Å². The summed E-state index contributed by atoms with van der Waals surface area (Å²) in [4.78, 5) is 0. The van der Waals surface area contributed by atoms with Gasteiger partial charge >= 0.3 is 0 Å². The largest absolute Gasteiger partial charge is 0.472 e. The Labute approximate surface area is 102 Å². The number of nitrogen functional groups attached to an aromatic ring is 1. The molecule has 1 unspecified atom stereocenters. The van der Waals surface area contributed by atoms with Crippen molar-refractivity contribution < 1.29 is 4.42 Å². The highest BCUT2D eigenvalue weighted by atomic mass is 79.9. The first-order valence-corrected chi connectivity index (χ1v) is 5.55. The molecule has 0 radical (unpaired) electrons. The van der Waals surface area contributed by atoms with Crippen LogP contribution >= 0.6 is 15.9 Å². The molecule has 0 spiro atoms. The van der Waals surface area contributed by atoms with Crippen LogP contribution in [0.2, 0.25) is 0 Å². The Kier molecular flexibility index (Phi) is 3.28. The monoisotopic (exact) mass is 281 g/mol. The van der Waals surface area contributed by atoms with Gasteiger partial charge in [-0.3, -0.25) is 5.84 Å². The summed E-state index contributed by atoms with van der Waals surface area (Å²) < 4.78 is 6.00. The van der Waals surface area contributed by atoms with Crippen molar-refractivity contribution in [2.45, 2.75) is 6.04 Å². The van der Waals surface area contributed by atoms with Crippen molar-refractivity contribution in [3.63, 3.8) is 0 Å². The SMILES string of the molecule is NNC(c1ccoc1)c1cc(Br)ccc1N. The van der Waals surface area contributed by atoms with Crippen LogP contribution in [0.15, 0.2) is 45.7 Å². The molecule has 5 heteroatoms. The summed E-state index contributed by atoms with van der Waals surface area (Å²) in [6.07, 6.45) is 3.25. The van der Waals surface area contributed by atoms with Crippen molar-refractivity contribution in [1.29, 1.82) is 0 Å². The molecule has 16 heavy (non-hydrogen) atoms. The van der Waals surface area contributed by atoms with E-state index >= 15 is 0 Å². The Morgan fingerprint density at radius 3 is 2.75 bits per heavy atom. The smallest absolute Gasteiger partial charge is 0.0954 e. The van der Waals surface area contributed by atoms with Crippen LogP contribution < -0.4 is 17.0 Å². The zero-order valence-electron chi connectivity index (χ0n) is 8.48. The molecule has 1 aromatic carbocycles. The van der Waals surface area contributed by atoms with Gasteiger partial charge in [-0.05, 0) is 29.8 Å². The van der Waals surface area contributed by atoms with E-state index in [1.807, 2.05) is 24.3 Å². The third-order valence-corrected chi connectivity index (χ3v) is 2.90. The highest BCUT2D eigenvalue weighted by molar-refractivity contribution is 9.10. The number of halogens is 1. The van der Waals surface area contributed by atoms with Crippen molar-refractivity contribution in [3.05, 3.63) is 52.4 Å². The van der Waals surface area contributed by atoms with Gasteiger partial charge in [0.15, 0.2) is 0 Å². The zero-order valence-corrected chi connectivity index (χ0v) is 10.1. The number of hydrogen-bond acceptors (Lipinski definition) is 4. The standard InChI is InChI=1S/C11H12BrN3O/c12-8-1-2-10(13)9(5-8)11(15-14)7-3-4-16-6-7/h1-6,11,15H,13-14H2. The molecule has 0 aliphatic rings. The lowest BCUT2D eigenvalue weighted by molar-refractivity contribution is 0.553. The molecule has 1 heterocycles. The summed E-state index contributed by atoms with van der Waals surface area (Å²) in [5, 5.41) is 0. The molecule has 5 N–H and O–H groups in total. The van der Waals surface area contributed by atoms with Gasteiger partial charge in [-0.15, -0.1) is 0 Å². The van der Waals surface area contributed by atoms with Gasteiger partial charge in [-0.2, -0.15) is 0 Å². The number of anilines is 1. The second kappa shape index (κ2) is 4.69. The molecule has 1 aromatic heterocycles. The second-order valence-electron chi connectivity index (χ2n) is 3.43. The van der Waals surface area contributed by atoms with Gasteiger partial charge in [0.2, 0.25) is 0 Å². The summed E-state index contributed by atoms with van der Waals surface area (Å²) in [7, 11) is 0. The van der Waals surface area contributed by atoms with E-state index in [0.29, 0.717) is 5.69 Å². The number of nitrogens with two attached hydrogens (primary N) is 2. The molecule has 0 bridgehead atoms. The van der Waals surface area contributed by atoms with Crippen molar-refractivity contribution in [2.24, 2.45) is 5.84 Å². The van der Waals surface area contributed by atoms with E-state index in [1.165, 1.54) is 0 Å². The van der Waals surface area contributed by atoms with Gasteiger partial charge in [0.1, 0.15) is 0 Å². The van der Waals surface area contributed by atoms with Crippen LogP contribution in [0.1, 0.15) is 17.2 Å². The Bertz CT molecular complexity index is 470. The summed E-state index contributed by atoms with van der Waals surface area (Å²) in [6.45, 7) is 0. The third-order valence-electron chi connectivity index (χ3n) is 2.40. The normalized spacial score (nSPS) is 12.6. The molecule has 0 saturated heterocycles. The van der Waals surface area contributed by atoms with Crippen molar-refractivity contribution >= 4 is 21.6 Å². The lowest BCUT2D eigenvalue weighted by Gasteiger charge is -2.17. The van der Waals surface area contributed by atoms with Crippen molar-refractivity contribution in [2.75, 3.05) is 5.73 Å². The Balaban J connectivity index is 2.44. The fourth-order valence-corrected chi connectivity index (χ4v) is 1.98. The fourth-order valence-electron chi connectivity index (χ4n) is 1.60. The van der Waals surface area contributed by atoms with Crippen LogP contribution in [-0.2, 0) is 0 Å². The minimum absolute atomic E-state index is 0.170. The average Bonchev–Trinajstić information content (AvgIpc) is 2.78. The predicted molar refractivity (Wildman–Crippen MR) is 66.4 cm³/mol. The Morgan fingerprint density at radius 2 is 2.12 bits per heavy atom. The number of rotatable bonds is 3. The quantitative estimate of drug-likeness (QED) is 0.458. The summed E-state index contributed by atoms with van der Waals surface area (Å²) in [6, 6.07) is 7.35. The first-order chi connectivity index (χ1) is 7.72. The molecule has 2 aromatic rings. The minimum Gasteiger partial charge on any atom is -0.472 e. The third kappa shape index (κ3) is 2.11.